The van der Waals surface area contributed by atoms with Gasteiger partial charge in [0.05, 0.1) is 12.4 Å². The Morgan fingerprint density at radius 2 is 1.95 bits per heavy atom. The summed E-state index contributed by atoms with van der Waals surface area (Å²) in [7, 11) is -3.53. The molecule has 1 aliphatic rings. The Kier molecular flexibility index (Phi) is 4.51. The summed E-state index contributed by atoms with van der Waals surface area (Å²) in [5.41, 5.74) is -0.269. The van der Waals surface area contributed by atoms with Gasteiger partial charge in [0, 0.05) is 18.5 Å². The molecule has 1 rings (SSSR count). The third kappa shape index (κ3) is 4.07. The van der Waals surface area contributed by atoms with E-state index in [0.717, 1.165) is 6.26 Å². The van der Waals surface area contributed by atoms with Gasteiger partial charge in [-0.05, 0) is 18.8 Å². The van der Waals surface area contributed by atoms with E-state index in [0.29, 0.717) is 13.0 Å². The Hall–Kier alpha value is -0.820. The Morgan fingerprint density at radius 3 is 2.32 bits per heavy atom. The molecule has 7 heteroatoms. The Bertz CT molecular complexity index is 440. The van der Waals surface area contributed by atoms with Crippen molar-refractivity contribution in [1.29, 1.82) is 0 Å². The molecule has 0 saturated carbocycles. The quantitative estimate of drug-likeness (QED) is 0.802. The highest BCUT2D eigenvalue weighted by Crippen LogP contribution is 2.39. The van der Waals surface area contributed by atoms with Gasteiger partial charge >= 0.3 is 6.09 Å². The minimum absolute atomic E-state index is 0.120. The van der Waals surface area contributed by atoms with Crippen molar-refractivity contribution < 1.29 is 22.5 Å². The van der Waals surface area contributed by atoms with E-state index in [1.807, 2.05) is 20.8 Å². The van der Waals surface area contributed by atoms with Gasteiger partial charge in [-0.2, -0.15) is 8.42 Å². The standard InChI is InChI=1S/C12H23NO5S/c1-8(18-19(5,16)17)9-6-7-13(11(14)15)10(9)12(2,3)4/h8-10H,6-7H2,1-5H3,(H,14,15). The van der Waals surface area contributed by atoms with Crippen LogP contribution in [0.15, 0.2) is 0 Å². The molecule has 0 aromatic carbocycles. The fraction of sp³-hybridized carbons (Fsp3) is 0.917. The first-order valence-corrected chi connectivity index (χ1v) is 8.13. The van der Waals surface area contributed by atoms with Gasteiger partial charge in [-0.3, -0.25) is 4.18 Å². The number of amides is 1. The van der Waals surface area contributed by atoms with E-state index >= 15 is 0 Å². The summed E-state index contributed by atoms with van der Waals surface area (Å²) in [6.07, 6.45) is 0.141. The largest absolute Gasteiger partial charge is 0.465 e. The second-order valence-corrected chi connectivity index (χ2v) is 7.85. The van der Waals surface area contributed by atoms with Crippen molar-refractivity contribution in [2.45, 2.75) is 46.3 Å². The first-order valence-electron chi connectivity index (χ1n) is 6.31. The molecule has 112 valence electrons. The molecule has 1 fully saturated rings. The summed E-state index contributed by atoms with van der Waals surface area (Å²) in [5, 5.41) is 9.25. The lowest BCUT2D eigenvalue weighted by Gasteiger charge is -2.38. The van der Waals surface area contributed by atoms with Crippen LogP contribution >= 0.6 is 0 Å². The number of nitrogens with zero attached hydrogens (tertiary/aromatic N) is 1. The average Bonchev–Trinajstić information content (AvgIpc) is 2.57. The fourth-order valence-electron chi connectivity index (χ4n) is 2.98. The maximum atomic E-state index is 11.3. The van der Waals surface area contributed by atoms with Gasteiger partial charge in [0.15, 0.2) is 0 Å². The van der Waals surface area contributed by atoms with E-state index in [2.05, 4.69) is 0 Å². The molecule has 1 aliphatic heterocycles. The van der Waals surface area contributed by atoms with Gasteiger partial charge < -0.3 is 10.0 Å². The highest BCUT2D eigenvalue weighted by Gasteiger charge is 2.46. The molecule has 3 atom stereocenters. The smallest absolute Gasteiger partial charge is 0.407 e. The lowest BCUT2D eigenvalue weighted by atomic mass is 9.77. The van der Waals surface area contributed by atoms with E-state index in [-0.39, 0.29) is 17.4 Å². The second kappa shape index (κ2) is 5.28. The van der Waals surface area contributed by atoms with Crippen molar-refractivity contribution in [3.63, 3.8) is 0 Å². The van der Waals surface area contributed by atoms with Crippen molar-refractivity contribution in [3.05, 3.63) is 0 Å². The van der Waals surface area contributed by atoms with Crippen molar-refractivity contribution in [2.75, 3.05) is 12.8 Å². The van der Waals surface area contributed by atoms with Crippen molar-refractivity contribution in [3.8, 4) is 0 Å². The average molecular weight is 293 g/mol. The molecule has 0 aromatic heterocycles. The van der Waals surface area contributed by atoms with Gasteiger partial charge in [-0.1, -0.05) is 20.8 Å². The van der Waals surface area contributed by atoms with Crippen LogP contribution in [0.4, 0.5) is 4.79 Å². The topological polar surface area (TPSA) is 83.9 Å². The number of hydrogen-bond acceptors (Lipinski definition) is 4. The summed E-state index contributed by atoms with van der Waals surface area (Å²) in [4.78, 5) is 12.7. The Balaban J connectivity index is 2.97. The van der Waals surface area contributed by atoms with Crippen LogP contribution in [0.25, 0.3) is 0 Å². The molecule has 0 aromatic rings. The lowest BCUT2D eigenvalue weighted by Crippen LogP contribution is -2.48. The zero-order valence-electron chi connectivity index (χ0n) is 12.1. The minimum atomic E-state index is -3.53. The molecule has 19 heavy (non-hydrogen) atoms. The van der Waals surface area contributed by atoms with Crippen LogP contribution in [0.3, 0.4) is 0 Å². The highest BCUT2D eigenvalue weighted by molar-refractivity contribution is 7.86. The molecule has 1 heterocycles. The van der Waals surface area contributed by atoms with Gasteiger partial charge in [0.1, 0.15) is 0 Å². The van der Waals surface area contributed by atoms with Gasteiger partial charge in [-0.15, -0.1) is 0 Å². The van der Waals surface area contributed by atoms with Crippen LogP contribution in [0.1, 0.15) is 34.1 Å². The Morgan fingerprint density at radius 1 is 1.42 bits per heavy atom. The van der Waals surface area contributed by atoms with E-state index < -0.39 is 22.3 Å². The molecule has 1 amide bonds. The molecule has 1 saturated heterocycles. The molecular weight excluding hydrogens is 270 g/mol. The van der Waals surface area contributed by atoms with E-state index in [9.17, 15) is 18.3 Å². The normalized spacial score (nSPS) is 26.5. The summed E-state index contributed by atoms with van der Waals surface area (Å²) < 4.78 is 27.5. The van der Waals surface area contributed by atoms with Crippen LogP contribution in [0, 0.1) is 11.3 Å². The molecule has 0 spiro atoms. The van der Waals surface area contributed by atoms with Gasteiger partial charge in [0.2, 0.25) is 0 Å². The van der Waals surface area contributed by atoms with Crippen LogP contribution in [-0.2, 0) is 14.3 Å². The fourth-order valence-corrected chi connectivity index (χ4v) is 3.67. The second-order valence-electron chi connectivity index (χ2n) is 6.24. The summed E-state index contributed by atoms with van der Waals surface area (Å²) in [6.45, 7) is 7.98. The van der Waals surface area contributed by atoms with Crippen LogP contribution < -0.4 is 0 Å². The number of rotatable bonds is 3. The number of likely N-dealkylation sites (tertiary alicyclic amines) is 1. The molecule has 1 N–H and O–H groups in total. The third-order valence-electron chi connectivity index (χ3n) is 3.51. The van der Waals surface area contributed by atoms with Gasteiger partial charge in [0.25, 0.3) is 10.1 Å². The molecule has 0 aliphatic carbocycles. The van der Waals surface area contributed by atoms with Crippen LogP contribution in [0.5, 0.6) is 0 Å². The zero-order chi connectivity index (χ0) is 15.0. The van der Waals surface area contributed by atoms with Crippen LogP contribution in [0.2, 0.25) is 0 Å². The van der Waals surface area contributed by atoms with Crippen molar-refractivity contribution >= 4 is 16.2 Å². The number of hydrogen-bond donors (Lipinski definition) is 1. The minimum Gasteiger partial charge on any atom is -0.465 e. The summed E-state index contributed by atoms with van der Waals surface area (Å²) >= 11 is 0. The summed E-state index contributed by atoms with van der Waals surface area (Å²) in [5.74, 6) is -0.120. The molecule has 3 unspecified atom stereocenters. The highest BCUT2D eigenvalue weighted by atomic mass is 32.2. The van der Waals surface area contributed by atoms with E-state index in [4.69, 9.17) is 4.18 Å². The first kappa shape index (κ1) is 16.2. The molecular formula is C12H23NO5S. The van der Waals surface area contributed by atoms with Crippen molar-refractivity contribution in [2.24, 2.45) is 11.3 Å². The number of carboxylic acid groups (broad SMARTS) is 1. The van der Waals surface area contributed by atoms with Crippen molar-refractivity contribution in [1.82, 2.24) is 4.90 Å². The first-order chi connectivity index (χ1) is 8.43. The molecule has 6 nitrogen and oxygen atoms in total. The number of carbonyl (C=O) groups is 1. The maximum Gasteiger partial charge on any atom is 0.407 e. The van der Waals surface area contributed by atoms with E-state index in [1.165, 1.54) is 4.90 Å². The maximum absolute atomic E-state index is 11.3. The Labute approximate surface area is 114 Å². The van der Waals surface area contributed by atoms with Crippen LogP contribution in [-0.4, -0.2) is 49.5 Å². The summed E-state index contributed by atoms with van der Waals surface area (Å²) in [6, 6.07) is -0.248. The lowest BCUT2D eigenvalue weighted by molar-refractivity contribution is 0.0567. The zero-order valence-corrected chi connectivity index (χ0v) is 12.9. The predicted molar refractivity (Wildman–Crippen MR) is 71.5 cm³/mol. The van der Waals surface area contributed by atoms with Gasteiger partial charge in [-0.25, -0.2) is 4.79 Å². The monoisotopic (exact) mass is 293 g/mol. The molecule has 0 bridgehead atoms. The molecule has 0 radical (unpaired) electrons. The predicted octanol–water partition coefficient (Wildman–Crippen LogP) is 1.77. The van der Waals surface area contributed by atoms with E-state index in [1.54, 1.807) is 6.92 Å². The third-order valence-corrected chi connectivity index (χ3v) is 4.16. The SMILES string of the molecule is CC(OS(C)(=O)=O)C1CCN(C(=O)O)C1C(C)(C)C.